The third-order valence-corrected chi connectivity index (χ3v) is 23.0. The largest absolute Gasteiger partial charge is 0.310 e. The van der Waals surface area contributed by atoms with Gasteiger partial charge in [0.2, 0.25) is 0 Å². The smallest absolute Gasteiger partial charge is 0.182 e. The van der Waals surface area contributed by atoms with E-state index in [2.05, 4.69) is 248 Å². The lowest BCUT2D eigenvalue weighted by atomic mass is 9.60. The number of hydrogen-bond acceptors (Lipinski definition) is 2. The Morgan fingerprint density at radius 1 is 0.377 bits per heavy atom. The van der Waals surface area contributed by atoms with Crippen molar-refractivity contribution in [1.29, 1.82) is 0 Å². The number of para-hydroxylation sites is 1. The van der Waals surface area contributed by atoms with Gasteiger partial charge in [0, 0.05) is 20.9 Å². The molecule has 0 bridgehead atoms. The first-order chi connectivity index (χ1) is 33.2. The van der Waals surface area contributed by atoms with Crippen molar-refractivity contribution in [3.63, 3.8) is 0 Å². The van der Waals surface area contributed by atoms with Crippen molar-refractivity contribution < 1.29 is 0 Å². The van der Waals surface area contributed by atoms with Crippen molar-refractivity contribution in [3.8, 4) is 33.4 Å². The summed E-state index contributed by atoms with van der Waals surface area (Å²) in [6.45, 7) is 19.1. The van der Waals surface area contributed by atoms with Gasteiger partial charge in [-0.15, -0.1) is 0 Å². The number of nitrogens with zero attached hydrogens (tertiary/aromatic N) is 1. The molecular weight excluding hydrogens is 867 g/mol. The van der Waals surface area contributed by atoms with Crippen molar-refractivity contribution in [2.24, 2.45) is 0 Å². The number of fused-ring (bicyclic) bond motifs is 21. The Morgan fingerprint density at radius 2 is 0.870 bits per heavy atom. The van der Waals surface area contributed by atoms with Gasteiger partial charge in [0.1, 0.15) is 0 Å². The lowest BCUT2D eigenvalue weighted by Gasteiger charge is -2.50. The summed E-state index contributed by atoms with van der Waals surface area (Å²) in [6, 6.07) is 74.3. The van der Waals surface area contributed by atoms with Crippen LogP contribution in [0.5, 0.6) is 0 Å². The third-order valence-electron chi connectivity index (χ3n) is 16.9. The molecule has 9 aromatic rings. The van der Waals surface area contributed by atoms with E-state index in [9.17, 15) is 0 Å². The fourth-order valence-corrected chi connectivity index (χ4v) is 20.4. The van der Waals surface area contributed by atoms with Crippen LogP contribution in [-0.4, -0.2) is 8.07 Å². The predicted octanol–water partition coefficient (Wildman–Crippen LogP) is 14.6. The predicted molar refractivity (Wildman–Crippen MR) is 294 cm³/mol. The minimum atomic E-state index is -2.72. The number of hydrogen-bond donors (Lipinski definition) is 0. The molecular formula is C66H55NSSi. The van der Waals surface area contributed by atoms with E-state index in [1.165, 1.54) is 125 Å². The normalized spacial score (nSPS) is 16.4. The summed E-state index contributed by atoms with van der Waals surface area (Å²) in [5.74, 6) is 0. The van der Waals surface area contributed by atoms with E-state index >= 15 is 0 Å². The lowest BCUT2D eigenvalue weighted by molar-refractivity contribution is 0.579. The number of anilines is 3. The van der Waals surface area contributed by atoms with Crippen molar-refractivity contribution in [2.75, 3.05) is 4.90 Å². The maximum Gasteiger partial charge on any atom is 0.182 e. The zero-order valence-corrected chi connectivity index (χ0v) is 42.6. The van der Waals surface area contributed by atoms with Gasteiger partial charge in [0.05, 0.1) is 16.8 Å². The minimum Gasteiger partial charge on any atom is -0.310 e. The van der Waals surface area contributed by atoms with Gasteiger partial charge in [-0.05, 0) is 152 Å². The average Bonchev–Trinajstić information content (AvgIpc) is 3.90. The molecule has 0 saturated heterocycles. The maximum absolute atomic E-state index is 2.72. The standard InChI is InChI=1S/C66H55NSSi/c1-63(2,3)40-29-33-57-53(35-40)66(54-36-41(64(4,5)6)30-34-58(54)68-57)50-24-14-15-25-55(50)67(56-39-51-48(38-52(56)66)43-19-9-13-23-49(43)65(51,7)8)42-31-32-47-46-22-12-18-28-61(46)69(62(47)37-42)59-26-16-10-20-44(59)45-21-11-17-27-60(45)69/h9-39H,1-8H3. The fourth-order valence-electron chi connectivity index (χ4n) is 13.6. The molecule has 0 amide bonds. The Morgan fingerprint density at radius 3 is 1.43 bits per heavy atom. The molecule has 14 rings (SSSR count). The van der Waals surface area contributed by atoms with E-state index in [1.54, 1.807) is 0 Å². The topological polar surface area (TPSA) is 3.24 Å². The number of benzene rings is 9. The molecule has 0 unspecified atom stereocenters. The summed E-state index contributed by atoms with van der Waals surface area (Å²) in [6.07, 6.45) is 0. The van der Waals surface area contributed by atoms with E-state index < -0.39 is 13.5 Å². The molecule has 334 valence electrons. The molecule has 1 aliphatic carbocycles. The molecule has 0 atom stereocenters. The average molecular weight is 922 g/mol. The summed E-state index contributed by atoms with van der Waals surface area (Å²) in [4.78, 5) is 5.34. The first kappa shape index (κ1) is 41.3. The summed E-state index contributed by atoms with van der Waals surface area (Å²) in [7, 11) is -2.72. The molecule has 5 aliphatic rings. The second-order valence-corrected chi connectivity index (χ2v) is 27.6. The van der Waals surface area contributed by atoms with Gasteiger partial charge in [-0.3, -0.25) is 0 Å². The summed E-state index contributed by atoms with van der Waals surface area (Å²) < 4.78 is 0. The van der Waals surface area contributed by atoms with Crippen LogP contribution in [0.3, 0.4) is 0 Å². The van der Waals surface area contributed by atoms with Crippen LogP contribution in [0.25, 0.3) is 33.4 Å². The molecule has 9 aromatic carbocycles. The minimum absolute atomic E-state index is 0.0440. The molecule has 0 fully saturated rings. The molecule has 0 N–H and O–H groups in total. The maximum atomic E-state index is 2.68. The quantitative estimate of drug-likeness (QED) is 0.151. The van der Waals surface area contributed by atoms with Gasteiger partial charge in [-0.1, -0.05) is 213 Å². The Kier molecular flexibility index (Phi) is 8.25. The number of rotatable bonds is 1. The Hall–Kier alpha value is -6.65. The Labute approximate surface area is 413 Å². The monoisotopic (exact) mass is 921 g/mol. The van der Waals surface area contributed by atoms with E-state index in [-0.39, 0.29) is 16.2 Å². The molecule has 1 nitrogen and oxygen atoms in total. The van der Waals surface area contributed by atoms with Gasteiger partial charge in [-0.25, -0.2) is 0 Å². The van der Waals surface area contributed by atoms with Crippen LogP contribution in [0.2, 0.25) is 0 Å². The van der Waals surface area contributed by atoms with Crippen LogP contribution in [0, 0.1) is 0 Å². The highest BCUT2D eigenvalue weighted by Crippen LogP contribution is 2.65. The molecule has 4 aliphatic heterocycles. The van der Waals surface area contributed by atoms with Crippen LogP contribution >= 0.6 is 11.8 Å². The summed E-state index contributed by atoms with van der Waals surface area (Å²) in [5, 5.41) is 5.99. The SMILES string of the molecule is CC(C)(C)c1ccc2c(c1)C1(c3cc(C(C)(C)C)ccc3S2)c2ccccc2N(c2ccc3c(c2)[Si]2(c4ccccc4-c4ccccc42)c2ccccc2-3)c2cc3c(cc21)-c1ccccc1C3(C)C. The first-order valence-electron chi connectivity index (χ1n) is 24.8. The highest BCUT2D eigenvalue weighted by molar-refractivity contribution is 7.99. The van der Waals surface area contributed by atoms with E-state index in [0.29, 0.717) is 0 Å². The molecule has 3 heteroatoms. The van der Waals surface area contributed by atoms with E-state index in [1.807, 2.05) is 11.8 Å². The van der Waals surface area contributed by atoms with Crippen molar-refractivity contribution in [3.05, 3.63) is 233 Å². The lowest BCUT2D eigenvalue weighted by Crippen LogP contribution is -2.70. The third kappa shape index (κ3) is 5.23. The van der Waals surface area contributed by atoms with E-state index in [0.717, 1.165) is 0 Å². The van der Waals surface area contributed by atoms with Crippen LogP contribution in [0.15, 0.2) is 198 Å². The zero-order chi connectivity index (χ0) is 47.0. The Bertz CT molecular complexity index is 3600. The molecule has 0 aromatic heterocycles. The molecule has 69 heavy (non-hydrogen) atoms. The van der Waals surface area contributed by atoms with Crippen LogP contribution in [-0.2, 0) is 21.7 Å². The van der Waals surface area contributed by atoms with E-state index in [4.69, 9.17) is 0 Å². The van der Waals surface area contributed by atoms with Gasteiger partial charge in [0.15, 0.2) is 8.07 Å². The van der Waals surface area contributed by atoms with Crippen molar-refractivity contribution >= 4 is 57.6 Å². The first-order valence-corrected chi connectivity index (χ1v) is 27.7. The molecule has 0 radical (unpaired) electrons. The second kappa shape index (κ2) is 13.8. The van der Waals surface area contributed by atoms with Crippen molar-refractivity contribution in [1.82, 2.24) is 0 Å². The highest BCUT2D eigenvalue weighted by Gasteiger charge is 2.56. The molecule has 2 spiro atoms. The van der Waals surface area contributed by atoms with Crippen LogP contribution in [0.4, 0.5) is 17.1 Å². The van der Waals surface area contributed by atoms with Gasteiger partial charge < -0.3 is 4.90 Å². The molecule has 4 heterocycles. The van der Waals surface area contributed by atoms with Gasteiger partial charge in [0.25, 0.3) is 0 Å². The van der Waals surface area contributed by atoms with Gasteiger partial charge >= 0.3 is 0 Å². The van der Waals surface area contributed by atoms with Crippen molar-refractivity contribution in [2.45, 2.75) is 86.8 Å². The fraction of sp³-hybridized carbons (Fsp3) is 0.182. The zero-order valence-electron chi connectivity index (χ0n) is 40.8. The van der Waals surface area contributed by atoms with Crippen LogP contribution < -0.4 is 25.6 Å². The summed E-state index contributed by atoms with van der Waals surface area (Å²) >= 11 is 1.95. The molecule has 0 saturated carbocycles. The Balaban J connectivity index is 1.12. The van der Waals surface area contributed by atoms with Crippen LogP contribution in [0.1, 0.15) is 99.9 Å². The highest BCUT2D eigenvalue weighted by atomic mass is 32.2. The second-order valence-electron chi connectivity index (χ2n) is 22.8. The van der Waals surface area contributed by atoms with Gasteiger partial charge in [-0.2, -0.15) is 0 Å². The summed E-state index contributed by atoms with van der Waals surface area (Å²) in [5.41, 5.74) is 22.0.